The third kappa shape index (κ3) is 3.19. The molecule has 0 N–H and O–H groups in total. The van der Waals surface area contributed by atoms with Crippen LogP contribution in [0.2, 0.25) is 0 Å². The van der Waals surface area contributed by atoms with Crippen LogP contribution in [-0.2, 0) is 18.3 Å². The Labute approximate surface area is 179 Å². The second-order valence-electron chi connectivity index (χ2n) is 7.88. The lowest BCUT2D eigenvalue weighted by Gasteiger charge is -2.11. The Bertz CT molecular complexity index is 1320. The number of benzene rings is 1. The number of nitrogens with zero attached hydrogens (tertiary/aromatic N) is 4. The quantitative estimate of drug-likeness (QED) is 0.442. The zero-order valence-corrected chi connectivity index (χ0v) is 18.0. The molecule has 0 atom stereocenters. The van der Waals surface area contributed by atoms with Crippen LogP contribution in [0.4, 0.5) is 0 Å². The standard InChI is InChI=1S/C23H24N4O4/c1-26-20-16(9-15(23(28)31-4)11-18(20)29-2)24-22(26)17-10-14-7-8-19(30-3)25-21(14)27(17)12-13-5-6-13/h7-11,13H,5-6,12H2,1-4H3. The van der Waals surface area contributed by atoms with Crippen LogP contribution in [0.5, 0.6) is 11.6 Å². The largest absolute Gasteiger partial charge is 0.494 e. The van der Waals surface area contributed by atoms with Gasteiger partial charge in [-0.3, -0.25) is 0 Å². The number of rotatable bonds is 6. The first kappa shape index (κ1) is 19.4. The number of carbonyl (C=O) groups excluding carboxylic acids is 1. The molecular formula is C23H24N4O4. The smallest absolute Gasteiger partial charge is 0.338 e. The molecule has 3 heterocycles. The minimum Gasteiger partial charge on any atom is -0.494 e. The number of carbonyl (C=O) groups is 1. The summed E-state index contributed by atoms with van der Waals surface area (Å²) in [6.45, 7) is 0.882. The van der Waals surface area contributed by atoms with Gasteiger partial charge in [0, 0.05) is 25.0 Å². The average molecular weight is 420 g/mol. The van der Waals surface area contributed by atoms with Crippen molar-refractivity contribution in [3.63, 3.8) is 0 Å². The summed E-state index contributed by atoms with van der Waals surface area (Å²) in [7, 11) is 6.53. The number of imidazole rings is 1. The molecule has 0 bridgehead atoms. The second-order valence-corrected chi connectivity index (χ2v) is 7.88. The van der Waals surface area contributed by atoms with Crippen LogP contribution in [-0.4, -0.2) is 46.4 Å². The topological polar surface area (TPSA) is 80.4 Å². The Morgan fingerprint density at radius 1 is 1.10 bits per heavy atom. The van der Waals surface area contributed by atoms with Crippen molar-refractivity contribution in [3.8, 4) is 23.1 Å². The lowest BCUT2D eigenvalue weighted by Crippen LogP contribution is -2.06. The number of fused-ring (bicyclic) bond motifs is 2. The van der Waals surface area contributed by atoms with Gasteiger partial charge in [0.2, 0.25) is 5.88 Å². The molecule has 0 amide bonds. The summed E-state index contributed by atoms with van der Waals surface area (Å²) < 4.78 is 20.1. The highest BCUT2D eigenvalue weighted by Gasteiger charge is 2.27. The van der Waals surface area contributed by atoms with Crippen LogP contribution in [0.15, 0.2) is 30.3 Å². The molecule has 160 valence electrons. The van der Waals surface area contributed by atoms with E-state index in [0.29, 0.717) is 28.6 Å². The molecule has 3 aromatic heterocycles. The molecule has 0 aliphatic heterocycles. The van der Waals surface area contributed by atoms with Crippen molar-refractivity contribution in [1.82, 2.24) is 19.1 Å². The number of aromatic nitrogens is 4. The van der Waals surface area contributed by atoms with Crippen LogP contribution in [0.25, 0.3) is 33.6 Å². The summed E-state index contributed by atoms with van der Waals surface area (Å²) in [5, 5.41) is 1.03. The molecule has 0 spiro atoms. The van der Waals surface area contributed by atoms with Gasteiger partial charge in [0.15, 0.2) is 5.82 Å². The van der Waals surface area contributed by atoms with E-state index in [1.165, 1.54) is 20.0 Å². The van der Waals surface area contributed by atoms with E-state index in [0.717, 1.165) is 34.6 Å². The molecule has 1 aromatic carbocycles. The fourth-order valence-electron chi connectivity index (χ4n) is 4.08. The SMILES string of the molecule is COC(=O)c1cc(OC)c2c(c1)nc(-c1cc3ccc(OC)nc3n1CC1CC1)n2C. The molecule has 8 heteroatoms. The molecule has 1 saturated carbocycles. The highest BCUT2D eigenvalue weighted by Crippen LogP contribution is 2.37. The van der Waals surface area contributed by atoms with E-state index >= 15 is 0 Å². The van der Waals surface area contributed by atoms with E-state index < -0.39 is 5.97 Å². The monoisotopic (exact) mass is 420 g/mol. The van der Waals surface area contributed by atoms with Gasteiger partial charge in [0.05, 0.1) is 38.1 Å². The van der Waals surface area contributed by atoms with Crippen molar-refractivity contribution >= 4 is 28.0 Å². The van der Waals surface area contributed by atoms with E-state index in [1.54, 1.807) is 26.4 Å². The van der Waals surface area contributed by atoms with Crippen molar-refractivity contribution in [2.24, 2.45) is 13.0 Å². The van der Waals surface area contributed by atoms with Crippen LogP contribution >= 0.6 is 0 Å². The number of methoxy groups -OCH3 is 3. The van der Waals surface area contributed by atoms with E-state index in [1.807, 2.05) is 23.7 Å². The summed E-state index contributed by atoms with van der Waals surface area (Å²) >= 11 is 0. The van der Waals surface area contributed by atoms with Crippen LogP contribution in [0, 0.1) is 5.92 Å². The molecule has 1 aliphatic carbocycles. The Hall–Kier alpha value is -3.55. The predicted molar refractivity (Wildman–Crippen MR) is 117 cm³/mol. The minimum atomic E-state index is -0.424. The van der Waals surface area contributed by atoms with Gasteiger partial charge in [-0.1, -0.05) is 0 Å². The maximum absolute atomic E-state index is 12.1. The fourth-order valence-corrected chi connectivity index (χ4v) is 4.08. The van der Waals surface area contributed by atoms with Crippen LogP contribution < -0.4 is 9.47 Å². The molecule has 0 saturated heterocycles. The van der Waals surface area contributed by atoms with E-state index in [4.69, 9.17) is 24.2 Å². The maximum atomic E-state index is 12.1. The van der Waals surface area contributed by atoms with Gasteiger partial charge in [-0.15, -0.1) is 0 Å². The molecule has 1 fully saturated rings. The Kier molecular flexibility index (Phi) is 4.57. The Morgan fingerprint density at radius 2 is 1.90 bits per heavy atom. The van der Waals surface area contributed by atoms with Crippen molar-refractivity contribution in [2.45, 2.75) is 19.4 Å². The third-order valence-electron chi connectivity index (χ3n) is 5.87. The molecule has 5 rings (SSSR count). The van der Waals surface area contributed by atoms with Gasteiger partial charge >= 0.3 is 5.97 Å². The fraction of sp³-hybridized carbons (Fsp3) is 0.348. The Morgan fingerprint density at radius 3 is 2.58 bits per heavy atom. The average Bonchev–Trinajstić information content (AvgIpc) is 3.47. The van der Waals surface area contributed by atoms with Gasteiger partial charge in [0.25, 0.3) is 0 Å². The first-order chi connectivity index (χ1) is 15.0. The predicted octanol–water partition coefficient (Wildman–Crippen LogP) is 3.80. The highest BCUT2D eigenvalue weighted by molar-refractivity contribution is 5.97. The first-order valence-corrected chi connectivity index (χ1v) is 10.2. The number of esters is 1. The van der Waals surface area contributed by atoms with Crippen molar-refractivity contribution in [2.75, 3.05) is 21.3 Å². The maximum Gasteiger partial charge on any atom is 0.338 e. The summed E-state index contributed by atoms with van der Waals surface area (Å²) in [5.74, 6) is 2.17. The second kappa shape index (κ2) is 7.30. The molecule has 4 aromatic rings. The molecule has 0 radical (unpaired) electrons. The molecule has 31 heavy (non-hydrogen) atoms. The van der Waals surface area contributed by atoms with Crippen LogP contribution in [0.1, 0.15) is 23.2 Å². The Balaban J connectivity index is 1.75. The van der Waals surface area contributed by atoms with Gasteiger partial charge in [-0.2, -0.15) is 4.98 Å². The number of hydrogen-bond donors (Lipinski definition) is 0. The summed E-state index contributed by atoms with van der Waals surface area (Å²) in [6, 6.07) is 9.42. The summed E-state index contributed by atoms with van der Waals surface area (Å²) in [4.78, 5) is 21.7. The third-order valence-corrected chi connectivity index (χ3v) is 5.87. The molecular weight excluding hydrogens is 396 g/mol. The van der Waals surface area contributed by atoms with Gasteiger partial charge in [0.1, 0.15) is 16.9 Å². The van der Waals surface area contributed by atoms with Gasteiger partial charge in [-0.25, -0.2) is 9.78 Å². The minimum absolute atomic E-state index is 0.404. The van der Waals surface area contributed by atoms with Gasteiger partial charge in [-0.05, 0) is 43.0 Å². The zero-order chi connectivity index (χ0) is 21.7. The summed E-state index contributed by atoms with van der Waals surface area (Å²) in [6.07, 6.45) is 2.45. The van der Waals surface area contributed by atoms with Crippen LogP contribution in [0.3, 0.4) is 0 Å². The zero-order valence-electron chi connectivity index (χ0n) is 18.0. The number of hydrogen-bond acceptors (Lipinski definition) is 6. The summed E-state index contributed by atoms with van der Waals surface area (Å²) in [5.41, 5.74) is 3.75. The highest BCUT2D eigenvalue weighted by atomic mass is 16.5. The molecule has 1 aliphatic rings. The first-order valence-electron chi connectivity index (χ1n) is 10.2. The molecule has 8 nitrogen and oxygen atoms in total. The van der Waals surface area contributed by atoms with E-state index in [9.17, 15) is 4.79 Å². The van der Waals surface area contributed by atoms with Crippen molar-refractivity contribution in [3.05, 3.63) is 35.9 Å². The van der Waals surface area contributed by atoms with E-state index in [-0.39, 0.29) is 0 Å². The lowest BCUT2D eigenvalue weighted by atomic mass is 10.2. The lowest BCUT2D eigenvalue weighted by molar-refractivity contribution is 0.0600. The van der Waals surface area contributed by atoms with E-state index in [2.05, 4.69) is 10.6 Å². The normalized spacial score (nSPS) is 13.7. The van der Waals surface area contributed by atoms with Crippen molar-refractivity contribution in [1.29, 1.82) is 0 Å². The van der Waals surface area contributed by atoms with Crippen molar-refractivity contribution < 1.29 is 19.0 Å². The number of ether oxygens (including phenoxy) is 3. The van der Waals surface area contributed by atoms with Gasteiger partial charge < -0.3 is 23.3 Å². The number of pyridine rings is 1. The molecule has 0 unspecified atom stereocenters. The number of aryl methyl sites for hydroxylation is 1.